The number of carbonyl (C=O) groups is 1. The number of hydrogen-bond donors (Lipinski definition) is 2. The summed E-state index contributed by atoms with van der Waals surface area (Å²) in [5.74, 6) is 0.872. The van der Waals surface area contributed by atoms with Crippen LogP contribution in [0.4, 0.5) is 0 Å². The molecule has 0 saturated carbocycles. The number of halogens is 1. The molecule has 0 aliphatic heterocycles. The summed E-state index contributed by atoms with van der Waals surface area (Å²) < 4.78 is 0. The van der Waals surface area contributed by atoms with Gasteiger partial charge in [0.15, 0.2) is 5.96 Å². The molecule has 0 atom stereocenters. The van der Waals surface area contributed by atoms with Crippen LogP contribution < -0.4 is 10.6 Å². The Morgan fingerprint density at radius 1 is 1.16 bits per heavy atom. The molecule has 142 valence electrons. The van der Waals surface area contributed by atoms with Gasteiger partial charge in [-0.05, 0) is 38.3 Å². The van der Waals surface area contributed by atoms with Crippen LogP contribution in [0.5, 0.6) is 0 Å². The Labute approximate surface area is 169 Å². The average molecular weight is 460 g/mol. The van der Waals surface area contributed by atoms with E-state index in [4.69, 9.17) is 0 Å². The first kappa shape index (κ1) is 23.7. The van der Waals surface area contributed by atoms with Gasteiger partial charge in [0.2, 0.25) is 5.91 Å². The van der Waals surface area contributed by atoms with Crippen LogP contribution in [0, 0.1) is 0 Å². The van der Waals surface area contributed by atoms with Crippen LogP contribution in [0.2, 0.25) is 0 Å². The van der Waals surface area contributed by atoms with Crippen molar-refractivity contribution in [2.24, 2.45) is 4.99 Å². The van der Waals surface area contributed by atoms with Crippen LogP contribution >= 0.6 is 24.0 Å². The molecule has 5 nitrogen and oxygen atoms in total. The summed E-state index contributed by atoms with van der Waals surface area (Å²) in [6.07, 6.45) is 1.46. The first-order valence-corrected chi connectivity index (χ1v) is 8.82. The lowest BCUT2D eigenvalue weighted by molar-refractivity contribution is -0.121. The van der Waals surface area contributed by atoms with Crippen LogP contribution in [-0.4, -0.2) is 42.9 Å². The van der Waals surface area contributed by atoms with E-state index in [9.17, 15) is 4.79 Å². The summed E-state index contributed by atoms with van der Waals surface area (Å²) >= 11 is 0. The van der Waals surface area contributed by atoms with Gasteiger partial charge in [0.25, 0.3) is 0 Å². The summed E-state index contributed by atoms with van der Waals surface area (Å²) in [6.45, 7) is 10.2. The molecule has 0 unspecified atom stereocenters. The molecule has 0 heterocycles. The third-order valence-corrected chi connectivity index (χ3v) is 3.60. The monoisotopic (exact) mass is 460 g/mol. The van der Waals surface area contributed by atoms with E-state index in [1.807, 2.05) is 27.8 Å². The highest BCUT2D eigenvalue weighted by Gasteiger charge is 2.08. The molecule has 1 aromatic rings. The van der Waals surface area contributed by atoms with Crippen molar-refractivity contribution in [1.29, 1.82) is 0 Å². The zero-order valence-corrected chi connectivity index (χ0v) is 18.5. The normalized spacial score (nSPS) is 11.0. The van der Waals surface area contributed by atoms with Crippen LogP contribution in [0.1, 0.15) is 45.2 Å². The fourth-order valence-electron chi connectivity index (χ4n) is 2.36. The molecule has 1 rings (SSSR count). The predicted molar refractivity (Wildman–Crippen MR) is 117 cm³/mol. The largest absolute Gasteiger partial charge is 0.357 e. The van der Waals surface area contributed by atoms with Gasteiger partial charge < -0.3 is 15.5 Å². The third kappa shape index (κ3) is 9.67. The zero-order chi connectivity index (χ0) is 17.9. The first-order valence-electron chi connectivity index (χ1n) is 8.82. The van der Waals surface area contributed by atoms with Crippen molar-refractivity contribution in [2.45, 2.75) is 53.1 Å². The van der Waals surface area contributed by atoms with E-state index in [0.29, 0.717) is 13.0 Å². The highest BCUT2D eigenvalue weighted by atomic mass is 127. The van der Waals surface area contributed by atoms with Gasteiger partial charge >= 0.3 is 0 Å². The van der Waals surface area contributed by atoms with Crippen molar-refractivity contribution in [1.82, 2.24) is 15.5 Å². The van der Waals surface area contributed by atoms with Gasteiger partial charge in [-0.25, -0.2) is 0 Å². The molecule has 1 aromatic carbocycles. The van der Waals surface area contributed by atoms with Crippen LogP contribution in [0.25, 0.3) is 0 Å². The summed E-state index contributed by atoms with van der Waals surface area (Å²) in [5, 5.41) is 6.17. The topological polar surface area (TPSA) is 56.7 Å². The molecule has 25 heavy (non-hydrogen) atoms. The molecular formula is C19H33IN4O. The Hall–Kier alpha value is -1.31. The smallest absolute Gasteiger partial charge is 0.222 e. The van der Waals surface area contributed by atoms with Crippen molar-refractivity contribution < 1.29 is 4.79 Å². The lowest BCUT2D eigenvalue weighted by atomic mass is 10.1. The number of guanidine groups is 1. The molecule has 0 aliphatic rings. The summed E-state index contributed by atoms with van der Waals surface area (Å²) in [5.41, 5.74) is 2.59. The lowest BCUT2D eigenvalue weighted by Gasteiger charge is -2.22. The SMILES string of the molecule is CCNC(=NCCC(=O)NC(C)C)N(C)Cc1ccc(CC)cc1.I. The molecule has 1 amide bonds. The van der Waals surface area contributed by atoms with E-state index in [-0.39, 0.29) is 35.9 Å². The number of aliphatic imine (C=N–C) groups is 1. The molecule has 2 N–H and O–H groups in total. The zero-order valence-electron chi connectivity index (χ0n) is 16.1. The molecular weight excluding hydrogens is 427 g/mol. The number of carbonyl (C=O) groups excluding carboxylic acids is 1. The van der Waals surface area contributed by atoms with E-state index >= 15 is 0 Å². The van der Waals surface area contributed by atoms with E-state index in [1.165, 1.54) is 11.1 Å². The fraction of sp³-hybridized carbons (Fsp3) is 0.579. The van der Waals surface area contributed by atoms with Gasteiger partial charge in [-0.3, -0.25) is 9.79 Å². The second-order valence-corrected chi connectivity index (χ2v) is 6.23. The van der Waals surface area contributed by atoms with Crippen molar-refractivity contribution in [3.05, 3.63) is 35.4 Å². The maximum atomic E-state index is 11.7. The molecule has 0 fully saturated rings. The number of rotatable bonds is 8. The van der Waals surface area contributed by atoms with Crippen LogP contribution in [0.3, 0.4) is 0 Å². The van der Waals surface area contributed by atoms with Crippen molar-refractivity contribution in [3.63, 3.8) is 0 Å². The highest BCUT2D eigenvalue weighted by molar-refractivity contribution is 14.0. The molecule has 6 heteroatoms. The van der Waals surface area contributed by atoms with E-state index in [0.717, 1.165) is 25.5 Å². The molecule has 0 aliphatic carbocycles. The van der Waals surface area contributed by atoms with Crippen LogP contribution in [-0.2, 0) is 17.8 Å². The second kappa shape index (κ2) is 13.0. The molecule has 0 spiro atoms. The minimum Gasteiger partial charge on any atom is -0.357 e. The Morgan fingerprint density at radius 2 is 1.76 bits per heavy atom. The van der Waals surface area contributed by atoms with E-state index < -0.39 is 0 Å². The van der Waals surface area contributed by atoms with Crippen LogP contribution in [0.15, 0.2) is 29.3 Å². The number of hydrogen-bond acceptors (Lipinski definition) is 2. The van der Waals surface area contributed by atoms with Gasteiger partial charge in [0.05, 0.1) is 6.54 Å². The number of amides is 1. The van der Waals surface area contributed by atoms with Gasteiger partial charge in [0, 0.05) is 32.6 Å². The summed E-state index contributed by atoms with van der Waals surface area (Å²) in [4.78, 5) is 18.3. The number of nitrogens with zero attached hydrogens (tertiary/aromatic N) is 2. The van der Waals surface area contributed by atoms with E-state index in [1.54, 1.807) is 0 Å². The first-order chi connectivity index (χ1) is 11.5. The Kier molecular flexibility index (Phi) is 12.3. The predicted octanol–water partition coefficient (Wildman–Crippen LogP) is 3.18. The summed E-state index contributed by atoms with van der Waals surface area (Å²) in [7, 11) is 2.02. The Bertz CT molecular complexity index is 529. The van der Waals surface area contributed by atoms with Gasteiger partial charge in [-0.1, -0.05) is 31.2 Å². The average Bonchev–Trinajstić information content (AvgIpc) is 2.54. The quantitative estimate of drug-likeness (QED) is 0.356. The Morgan fingerprint density at radius 3 is 2.28 bits per heavy atom. The van der Waals surface area contributed by atoms with Crippen molar-refractivity contribution >= 4 is 35.8 Å². The third-order valence-electron chi connectivity index (χ3n) is 3.60. The fourth-order valence-corrected chi connectivity index (χ4v) is 2.36. The van der Waals surface area contributed by atoms with E-state index in [2.05, 4.69) is 51.7 Å². The molecule has 0 bridgehead atoms. The van der Waals surface area contributed by atoms with Gasteiger partial charge in [-0.15, -0.1) is 24.0 Å². The minimum absolute atomic E-state index is 0. The molecule has 0 saturated heterocycles. The lowest BCUT2D eigenvalue weighted by Crippen LogP contribution is -2.39. The maximum absolute atomic E-state index is 11.7. The second-order valence-electron chi connectivity index (χ2n) is 6.23. The number of benzene rings is 1. The van der Waals surface area contributed by atoms with Crippen molar-refractivity contribution in [3.8, 4) is 0 Å². The molecule has 0 radical (unpaired) electrons. The minimum atomic E-state index is 0. The van der Waals surface area contributed by atoms with Gasteiger partial charge in [0.1, 0.15) is 0 Å². The number of aryl methyl sites for hydroxylation is 1. The van der Waals surface area contributed by atoms with Crippen molar-refractivity contribution in [2.75, 3.05) is 20.1 Å². The molecule has 0 aromatic heterocycles. The summed E-state index contributed by atoms with van der Waals surface area (Å²) in [6, 6.07) is 8.83. The maximum Gasteiger partial charge on any atom is 0.222 e. The Balaban J connectivity index is 0.00000576. The highest BCUT2D eigenvalue weighted by Crippen LogP contribution is 2.07. The van der Waals surface area contributed by atoms with Gasteiger partial charge in [-0.2, -0.15) is 0 Å². The standard InChI is InChI=1S/C19H32N4O.HI/c1-6-16-8-10-17(11-9-16)14-23(5)19(20-7-2)21-13-12-18(24)22-15(3)4;/h8-11,15H,6-7,12-14H2,1-5H3,(H,20,21)(H,22,24);1H. The number of nitrogens with one attached hydrogen (secondary N) is 2.